The quantitative estimate of drug-likeness (QED) is 0.886. The summed E-state index contributed by atoms with van der Waals surface area (Å²) in [4.78, 5) is 12.3. The molecule has 110 valence electrons. The van der Waals surface area contributed by atoms with Gasteiger partial charge in [-0.25, -0.2) is 0 Å². The fourth-order valence-corrected chi connectivity index (χ4v) is 2.12. The third kappa shape index (κ3) is 3.99. The van der Waals surface area contributed by atoms with Crippen LogP contribution in [0.25, 0.3) is 0 Å². The highest BCUT2D eigenvalue weighted by Gasteiger charge is 2.19. The maximum atomic E-state index is 12.3. The summed E-state index contributed by atoms with van der Waals surface area (Å²) in [5, 5.41) is 3.32. The van der Waals surface area contributed by atoms with Crippen molar-refractivity contribution in [2.45, 2.75) is 26.4 Å². The molecule has 2 rings (SSSR count). The van der Waals surface area contributed by atoms with E-state index in [0.717, 1.165) is 11.3 Å². The first-order valence-corrected chi connectivity index (χ1v) is 7.27. The number of anilines is 1. The highest BCUT2D eigenvalue weighted by atomic mass is 35.5. The summed E-state index contributed by atoms with van der Waals surface area (Å²) in [5.74, 6) is 0.521. The number of rotatable bonds is 5. The molecule has 1 N–H and O–H groups in total. The molecule has 0 saturated heterocycles. The Morgan fingerprint density at radius 1 is 1.19 bits per heavy atom. The van der Waals surface area contributed by atoms with Crippen molar-refractivity contribution in [1.29, 1.82) is 0 Å². The number of para-hydroxylation sites is 2. The molecule has 0 saturated carbocycles. The van der Waals surface area contributed by atoms with Gasteiger partial charge in [0.05, 0.1) is 10.7 Å². The zero-order valence-electron chi connectivity index (χ0n) is 12.1. The smallest absolute Gasteiger partial charge is 0.265 e. The molecule has 0 aromatic heterocycles. The first-order chi connectivity index (χ1) is 10.1. The molecule has 1 unspecified atom stereocenters. The lowest BCUT2D eigenvalue weighted by Gasteiger charge is -2.18. The van der Waals surface area contributed by atoms with Crippen LogP contribution in [0.1, 0.15) is 18.9 Å². The van der Waals surface area contributed by atoms with E-state index in [1.54, 1.807) is 12.1 Å². The van der Waals surface area contributed by atoms with Gasteiger partial charge in [-0.05, 0) is 37.1 Å². The molecule has 2 aromatic rings. The third-order valence-electron chi connectivity index (χ3n) is 3.16. The van der Waals surface area contributed by atoms with Gasteiger partial charge in [0.2, 0.25) is 0 Å². The van der Waals surface area contributed by atoms with E-state index >= 15 is 0 Å². The molecular weight excluding hydrogens is 286 g/mol. The van der Waals surface area contributed by atoms with Gasteiger partial charge in [-0.15, -0.1) is 0 Å². The number of nitrogens with one attached hydrogen (secondary N) is 1. The molecule has 0 radical (unpaired) electrons. The Balaban J connectivity index is 2.09. The summed E-state index contributed by atoms with van der Waals surface area (Å²) in [7, 11) is 0. The van der Waals surface area contributed by atoms with Crippen molar-refractivity contribution in [3.05, 3.63) is 59.1 Å². The zero-order valence-corrected chi connectivity index (χ0v) is 12.9. The second-order valence-electron chi connectivity index (χ2n) is 4.75. The maximum Gasteiger partial charge on any atom is 0.265 e. The highest BCUT2D eigenvalue weighted by Crippen LogP contribution is 2.22. The number of hydrogen-bond acceptors (Lipinski definition) is 2. The van der Waals surface area contributed by atoms with Gasteiger partial charge in [-0.3, -0.25) is 4.79 Å². The summed E-state index contributed by atoms with van der Waals surface area (Å²) in [5.41, 5.74) is 1.59. The fourth-order valence-electron chi connectivity index (χ4n) is 1.94. The Kier molecular flexibility index (Phi) is 5.23. The van der Waals surface area contributed by atoms with Crippen LogP contribution in [0.4, 0.5) is 5.69 Å². The molecule has 0 heterocycles. The molecular formula is C17H18ClNO2. The van der Waals surface area contributed by atoms with Crippen molar-refractivity contribution in [2.75, 3.05) is 5.32 Å². The van der Waals surface area contributed by atoms with Crippen LogP contribution in [0, 0.1) is 6.92 Å². The van der Waals surface area contributed by atoms with Crippen molar-refractivity contribution >= 4 is 23.2 Å². The Bertz CT molecular complexity index is 628. The van der Waals surface area contributed by atoms with Crippen molar-refractivity contribution in [3.8, 4) is 5.75 Å². The molecule has 4 heteroatoms. The minimum absolute atomic E-state index is 0.200. The molecule has 0 bridgehead atoms. The first kappa shape index (κ1) is 15.4. The van der Waals surface area contributed by atoms with Crippen molar-refractivity contribution in [1.82, 2.24) is 0 Å². The molecule has 21 heavy (non-hydrogen) atoms. The average molecular weight is 304 g/mol. The molecule has 3 nitrogen and oxygen atoms in total. The topological polar surface area (TPSA) is 38.3 Å². The van der Waals surface area contributed by atoms with E-state index in [-0.39, 0.29) is 5.91 Å². The van der Waals surface area contributed by atoms with Crippen LogP contribution in [0.15, 0.2) is 48.5 Å². The fraction of sp³-hybridized carbons (Fsp3) is 0.235. The number of benzene rings is 2. The van der Waals surface area contributed by atoms with Crippen LogP contribution >= 0.6 is 11.6 Å². The average Bonchev–Trinajstić information content (AvgIpc) is 2.48. The number of amides is 1. The third-order valence-corrected chi connectivity index (χ3v) is 3.49. The minimum Gasteiger partial charge on any atom is -0.480 e. The molecule has 1 atom stereocenters. The number of aryl methyl sites for hydroxylation is 1. The summed E-state index contributed by atoms with van der Waals surface area (Å²) in [6.45, 7) is 3.86. The summed E-state index contributed by atoms with van der Waals surface area (Å²) >= 11 is 6.05. The summed E-state index contributed by atoms with van der Waals surface area (Å²) in [6, 6.07) is 14.8. The van der Waals surface area contributed by atoms with Crippen molar-refractivity contribution < 1.29 is 9.53 Å². The monoisotopic (exact) mass is 303 g/mol. The molecule has 0 spiro atoms. The van der Waals surface area contributed by atoms with Crippen LogP contribution in [-0.2, 0) is 4.79 Å². The predicted molar refractivity (Wildman–Crippen MR) is 86.0 cm³/mol. The molecule has 2 aromatic carbocycles. The second-order valence-corrected chi connectivity index (χ2v) is 5.16. The van der Waals surface area contributed by atoms with Gasteiger partial charge in [0.15, 0.2) is 6.10 Å². The van der Waals surface area contributed by atoms with Crippen molar-refractivity contribution in [2.24, 2.45) is 0 Å². The lowest BCUT2D eigenvalue weighted by atomic mass is 10.2. The van der Waals surface area contributed by atoms with E-state index in [1.807, 2.05) is 50.2 Å². The van der Waals surface area contributed by atoms with Gasteiger partial charge in [-0.1, -0.05) is 48.9 Å². The van der Waals surface area contributed by atoms with Crippen LogP contribution in [0.5, 0.6) is 5.75 Å². The maximum absolute atomic E-state index is 12.3. The summed E-state index contributed by atoms with van der Waals surface area (Å²) < 4.78 is 5.81. The van der Waals surface area contributed by atoms with Gasteiger partial charge in [0.25, 0.3) is 5.91 Å². The van der Waals surface area contributed by atoms with Crippen LogP contribution in [-0.4, -0.2) is 12.0 Å². The number of ether oxygens (including phenoxy) is 1. The van der Waals surface area contributed by atoms with E-state index in [9.17, 15) is 4.79 Å². The van der Waals surface area contributed by atoms with Crippen LogP contribution in [0.3, 0.4) is 0 Å². The van der Waals surface area contributed by atoms with E-state index in [4.69, 9.17) is 16.3 Å². The van der Waals surface area contributed by atoms with Gasteiger partial charge >= 0.3 is 0 Å². The molecule has 0 aliphatic heterocycles. The number of halogens is 1. The van der Waals surface area contributed by atoms with Crippen LogP contribution < -0.4 is 10.1 Å². The van der Waals surface area contributed by atoms with Crippen LogP contribution in [0.2, 0.25) is 5.02 Å². The van der Waals surface area contributed by atoms with Gasteiger partial charge < -0.3 is 10.1 Å². The second kappa shape index (κ2) is 7.14. The Morgan fingerprint density at radius 2 is 1.86 bits per heavy atom. The van der Waals surface area contributed by atoms with Gasteiger partial charge in [-0.2, -0.15) is 0 Å². The Morgan fingerprint density at radius 3 is 2.52 bits per heavy atom. The van der Waals surface area contributed by atoms with Crippen molar-refractivity contribution in [3.63, 3.8) is 0 Å². The number of carbonyl (C=O) groups excluding carboxylic acids is 1. The molecule has 0 fully saturated rings. The Hall–Kier alpha value is -2.00. The minimum atomic E-state index is -0.553. The predicted octanol–water partition coefficient (Wildman–Crippen LogP) is 4.44. The molecule has 0 aliphatic rings. The highest BCUT2D eigenvalue weighted by molar-refractivity contribution is 6.33. The molecule has 0 aliphatic carbocycles. The number of carbonyl (C=O) groups is 1. The largest absolute Gasteiger partial charge is 0.480 e. The lowest BCUT2D eigenvalue weighted by molar-refractivity contribution is -0.122. The van der Waals surface area contributed by atoms with Gasteiger partial charge in [0, 0.05) is 0 Å². The normalized spacial score (nSPS) is 11.8. The van der Waals surface area contributed by atoms with E-state index in [1.165, 1.54) is 0 Å². The lowest BCUT2D eigenvalue weighted by Crippen LogP contribution is -2.32. The Labute approximate surface area is 129 Å². The SMILES string of the molecule is CCC(Oc1ccccc1C)C(=O)Nc1ccccc1Cl. The standard InChI is InChI=1S/C17H18ClNO2/c1-3-15(21-16-11-7-4-8-12(16)2)17(20)19-14-10-6-5-9-13(14)18/h4-11,15H,3H2,1-2H3,(H,19,20). The molecule has 1 amide bonds. The zero-order chi connectivity index (χ0) is 15.2. The van der Waals surface area contributed by atoms with E-state index in [2.05, 4.69) is 5.32 Å². The number of hydrogen-bond donors (Lipinski definition) is 1. The summed E-state index contributed by atoms with van der Waals surface area (Å²) in [6.07, 6.45) is 0.0207. The first-order valence-electron chi connectivity index (χ1n) is 6.89. The van der Waals surface area contributed by atoms with Gasteiger partial charge in [0.1, 0.15) is 5.75 Å². The van der Waals surface area contributed by atoms with E-state index < -0.39 is 6.10 Å². The van der Waals surface area contributed by atoms with E-state index in [0.29, 0.717) is 17.1 Å².